The Hall–Kier alpha value is -1.31. The Kier molecular flexibility index (Phi) is 4.64. The number of benzene rings is 1. The largest absolute Gasteiger partial charge is 0.490 e. The van der Waals surface area contributed by atoms with Gasteiger partial charge in [-0.05, 0) is 49.9 Å². The first-order chi connectivity index (χ1) is 12.0. The summed E-state index contributed by atoms with van der Waals surface area (Å²) >= 11 is 0. The lowest BCUT2D eigenvalue weighted by Crippen LogP contribution is -2.48. The molecule has 7 heteroatoms. The van der Waals surface area contributed by atoms with Crippen LogP contribution in [0.2, 0.25) is 0 Å². The van der Waals surface area contributed by atoms with Crippen LogP contribution in [0.5, 0.6) is 5.75 Å². The van der Waals surface area contributed by atoms with E-state index in [1.165, 1.54) is 19.1 Å². The van der Waals surface area contributed by atoms with E-state index < -0.39 is 10.0 Å². The average molecular weight is 365 g/mol. The number of piperidine rings is 1. The molecule has 0 aromatic heterocycles. The number of ether oxygens (including phenoxy) is 1. The molecule has 4 rings (SSSR count). The number of anilines is 1. The number of rotatable bonds is 4. The van der Waals surface area contributed by atoms with Gasteiger partial charge in [0.2, 0.25) is 10.0 Å². The molecule has 0 saturated carbocycles. The summed E-state index contributed by atoms with van der Waals surface area (Å²) in [6.45, 7) is 2.56. The summed E-state index contributed by atoms with van der Waals surface area (Å²) in [4.78, 5) is 2.23. The van der Waals surface area contributed by atoms with Crippen molar-refractivity contribution in [1.29, 1.82) is 0 Å². The quantitative estimate of drug-likeness (QED) is 0.875. The van der Waals surface area contributed by atoms with Gasteiger partial charge in [0, 0.05) is 44.0 Å². The van der Waals surface area contributed by atoms with Crippen LogP contribution in [-0.4, -0.2) is 63.3 Å². The standard InChI is InChI=1S/C18H27N3O3S/c1-25(22,23)21-10-8-20(9-11-21)16-4-6-17(7-5-16)24-18-12-14-2-3-15(13-18)19-14/h4-7,14-15,18-19H,2-3,8-13H2,1H3/t14-,15+,18?. The predicted molar refractivity (Wildman–Crippen MR) is 98.7 cm³/mol. The summed E-state index contributed by atoms with van der Waals surface area (Å²) in [7, 11) is -3.08. The molecule has 3 atom stereocenters. The van der Waals surface area contributed by atoms with E-state index in [-0.39, 0.29) is 0 Å². The molecule has 0 aliphatic carbocycles. The van der Waals surface area contributed by atoms with Crippen molar-refractivity contribution < 1.29 is 13.2 Å². The second-order valence-electron chi connectivity index (χ2n) is 7.49. The zero-order valence-electron chi connectivity index (χ0n) is 14.7. The molecule has 6 nitrogen and oxygen atoms in total. The molecule has 0 amide bonds. The Morgan fingerprint density at radius 1 is 1.00 bits per heavy atom. The van der Waals surface area contributed by atoms with Crippen molar-refractivity contribution in [3.8, 4) is 5.75 Å². The van der Waals surface area contributed by atoms with E-state index in [4.69, 9.17) is 4.74 Å². The van der Waals surface area contributed by atoms with E-state index in [1.807, 2.05) is 12.1 Å². The smallest absolute Gasteiger partial charge is 0.211 e. The van der Waals surface area contributed by atoms with Gasteiger partial charge in [-0.2, -0.15) is 4.31 Å². The van der Waals surface area contributed by atoms with Gasteiger partial charge < -0.3 is 15.0 Å². The number of nitrogens with one attached hydrogen (secondary N) is 1. The van der Waals surface area contributed by atoms with Crippen LogP contribution in [0.3, 0.4) is 0 Å². The molecular formula is C18H27N3O3S. The maximum absolute atomic E-state index is 11.6. The van der Waals surface area contributed by atoms with Gasteiger partial charge in [-0.3, -0.25) is 0 Å². The minimum absolute atomic E-state index is 0.322. The van der Waals surface area contributed by atoms with E-state index in [1.54, 1.807) is 4.31 Å². The second kappa shape index (κ2) is 6.78. The van der Waals surface area contributed by atoms with Crippen LogP contribution in [0.15, 0.2) is 24.3 Å². The lowest BCUT2D eigenvalue weighted by atomic mass is 10.0. The van der Waals surface area contributed by atoms with Gasteiger partial charge in [0.05, 0.1) is 6.26 Å². The molecule has 138 valence electrons. The highest BCUT2D eigenvalue weighted by molar-refractivity contribution is 7.88. The first kappa shape index (κ1) is 17.1. The first-order valence-corrected chi connectivity index (χ1v) is 11.0. The topological polar surface area (TPSA) is 61.9 Å². The van der Waals surface area contributed by atoms with Gasteiger partial charge in [-0.25, -0.2) is 8.42 Å². The minimum atomic E-state index is -3.08. The molecule has 1 unspecified atom stereocenters. The lowest BCUT2D eigenvalue weighted by molar-refractivity contribution is 0.137. The van der Waals surface area contributed by atoms with Crippen LogP contribution in [-0.2, 0) is 10.0 Å². The van der Waals surface area contributed by atoms with Gasteiger partial charge in [-0.15, -0.1) is 0 Å². The van der Waals surface area contributed by atoms with Crippen LogP contribution >= 0.6 is 0 Å². The summed E-state index contributed by atoms with van der Waals surface area (Å²) in [6.07, 6.45) is 6.37. The second-order valence-corrected chi connectivity index (χ2v) is 9.47. The molecule has 0 spiro atoms. The van der Waals surface area contributed by atoms with Crippen molar-refractivity contribution in [3.63, 3.8) is 0 Å². The molecule has 3 heterocycles. The zero-order chi connectivity index (χ0) is 17.4. The van der Waals surface area contributed by atoms with Gasteiger partial charge in [0.25, 0.3) is 0 Å². The highest BCUT2D eigenvalue weighted by atomic mass is 32.2. The van der Waals surface area contributed by atoms with Crippen LogP contribution in [0.1, 0.15) is 25.7 Å². The average Bonchev–Trinajstić information content (AvgIpc) is 2.93. The molecule has 3 aliphatic rings. The molecule has 1 aromatic carbocycles. The number of hydrogen-bond acceptors (Lipinski definition) is 5. The summed E-state index contributed by atoms with van der Waals surface area (Å²) in [5.41, 5.74) is 1.13. The maximum Gasteiger partial charge on any atom is 0.211 e. The van der Waals surface area contributed by atoms with Crippen LogP contribution in [0.25, 0.3) is 0 Å². The van der Waals surface area contributed by atoms with E-state index >= 15 is 0 Å². The summed E-state index contributed by atoms with van der Waals surface area (Å²) in [6, 6.07) is 9.52. The third-order valence-corrected chi connectivity index (χ3v) is 6.95. The monoisotopic (exact) mass is 365 g/mol. The molecule has 3 saturated heterocycles. The van der Waals surface area contributed by atoms with Crippen molar-refractivity contribution in [2.75, 3.05) is 37.3 Å². The first-order valence-electron chi connectivity index (χ1n) is 9.20. The molecule has 1 N–H and O–H groups in total. The number of piperazine rings is 1. The maximum atomic E-state index is 11.6. The SMILES string of the molecule is CS(=O)(=O)N1CCN(c2ccc(OC3C[C@H]4CC[C@@H](C3)N4)cc2)CC1. The summed E-state index contributed by atoms with van der Waals surface area (Å²) in [5, 5.41) is 3.64. The number of nitrogens with zero attached hydrogens (tertiary/aromatic N) is 2. The highest BCUT2D eigenvalue weighted by Gasteiger charge is 2.34. The van der Waals surface area contributed by atoms with Crippen molar-refractivity contribution in [2.45, 2.75) is 43.9 Å². The van der Waals surface area contributed by atoms with Crippen molar-refractivity contribution in [3.05, 3.63) is 24.3 Å². The van der Waals surface area contributed by atoms with E-state index in [2.05, 4.69) is 22.3 Å². The molecule has 1 aromatic rings. The molecule has 0 radical (unpaired) electrons. The van der Waals surface area contributed by atoms with Crippen molar-refractivity contribution in [1.82, 2.24) is 9.62 Å². The Morgan fingerprint density at radius 2 is 1.60 bits per heavy atom. The van der Waals surface area contributed by atoms with Crippen LogP contribution < -0.4 is 15.0 Å². The van der Waals surface area contributed by atoms with Gasteiger partial charge in [0.1, 0.15) is 11.9 Å². The zero-order valence-corrected chi connectivity index (χ0v) is 15.5. The number of fused-ring (bicyclic) bond motifs is 2. The molecule has 3 aliphatic heterocycles. The van der Waals surface area contributed by atoms with E-state index in [0.29, 0.717) is 31.3 Å². The van der Waals surface area contributed by atoms with Crippen LogP contribution in [0.4, 0.5) is 5.69 Å². The Labute approximate surface area is 150 Å². The summed E-state index contributed by atoms with van der Waals surface area (Å²) in [5.74, 6) is 0.935. The molecule has 3 fully saturated rings. The molecule has 25 heavy (non-hydrogen) atoms. The fraction of sp³-hybridized carbons (Fsp3) is 0.667. The molecular weight excluding hydrogens is 338 g/mol. The van der Waals surface area contributed by atoms with Gasteiger partial charge in [-0.1, -0.05) is 0 Å². The third-order valence-electron chi connectivity index (χ3n) is 5.64. The highest BCUT2D eigenvalue weighted by Crippen LogP contribution is 2.30. The Balaban J connectivity index is 1.33. The summed E-state index contributed by atoms with van der Waals surface area (Å²) < 4.78 is 30.9. The fourth-order valence-electron chi connectivity index (χ4n) is 4.31. The Bertz CT molecular complexity index is 687. The normalized spacial score (nSPS) is 30.4. The number of hydrogen-bond donors (Lipinski definition) is 1. The third kappa shape index (κ3) is 3.93. The van der Waals surface area contributed by atoms with Crippen LogP contribution in [0, 0.1) is 0 Å². The Morgan fingerprint density at radius 3 is 2.16 bits per heavy atom. The molecule has 2 bridgehead atoms. The fourth-order valence-corrected chi connectivity index (χ4v) is 5.13. The van der Waals surface area contributed by atoms with Gasteiger partial charge >= 0.3 is 0 Å². The van der Waals surface area contributed by atoms with Crippen molar-refractivity contribution >= 4 is 15.7 Å². The van der Waals surface area contributed by atoms with E-state index in [9.17, 15) is 8.42 Å². The number of sulfonamides is 1. The minimum Gasteiger partial charge on any atom is -0.490 e. The van der Waals surface area contributed by atoms with E-state index in [0.717, 1.165) is 37.4 Å². The lowest BCUT2D eigenvalue weighted by Gasteiger charge is -2.35. The van der Waals surface area contributed by atoms with Gasteiger partial charge in [0.15, 0.2) is 0 Å². The van der Waals surface area contributed by atoms with Crippen molar-refractivity contribution in [2.24, 2.45) is 0 Å². The predicted octanol–water partition coefficient (Wildman–Crippen LogP) is 1.43.